The maximum atomic E-state index is 12.8. The molecule has 2 unspecified atom stereocenters. The highest BCUT2D eigenvalue weighted by Crippen LogP contribution is 2.28. The molecule has 2 heterocycles. The second-order valence-electron chi connectivity index (χ2n) is 9.00. The van der Waals surface area contributed by atoms with E-state index in [9.17, 15) is 9.90 Å². The number of carbonyl (C=O) groups is 1. The van der Waals surface area contributed by atoms with Crippen LogP contribution in [-0.2, 0) is 0 Å². The number of aryl methyl sites for hydroxylation is 1. The summed E-state index contributed by atoms with van der Waals surface area (Å²) in [5.74, 6) is 0.577. The number of amides is 1. The van der Waals surface area contributed by atoms with Gasteiger partial charge in [-0.2, -0.15) is 4.99 Å². The van der Waals surface area contributed by atoms with Gasteiger partial charge in [0.2, 0.25) is 0 Å². The molecule has 166 valence electrons. The number of piperidine rings is 1. The number of fused-ring (bicyclic) bond motifs is 1. The zero-order valence-electron chi connectivity index (χ0n) is 18.5. The van der Waals surface area contributed by atoms with Crippen molar-refractivity contribution in [3.8, 4) is 0 Å². The second-order valence-corrected chi connectivity index (χ2v) is 9.00. The number of rotatable bonds is 4. The highest BCUT2D eigenvalue weighted by molar-refractivity contribution is 6.07. The van der Waals surface area contributed by atoms with Crippen LogP contribution in [0.4, 0.5) is 5.82 Å². The van der Waals surface area contributed by atoms with E-state index in [2.05, 4.69) is 15.2 Å². The Morgan fingerprint density at radius 2 is 1.94 bits per heavy atom. The van der Waals surface area contributed by atoms with Crippen LogP contribution in [-0.4, -0.2) is 53.1 Å². The van der Waals surface area contributed by atoms with Crippen molar-refractivity contribution in [1.29, 1.82) is 0 Å². The van der Waals surface area contributed by atoms with E-state index in [1.807, 2.05) is 31.2 Å². The number of pyridine rings is 1. The number of amidine groups is 1. The van der Waals surface area contributed by atoms with Crippen LogP contribution in [0, 0.1) is 6.92 Å². The van der Waals surface area contributed by atoms with E-state index in [0.29, 0.717) is 17.4 Å². The number of aliphatic imine (C=N–C) groups is 1. The molecular weight excluding hydrogens is 390 g/mol. The fourth-order valence-electron chi connectivity index (χ4n) is 4.77. The highest BCUT2D eigenvalue weighted by Gasteiger charge is 2.29. The van der Waals surface area contributed by atoms with Gasteiger partial charge >= 0.3 is 0 Å². The molecule has 0 spiro atoms. The summed E-state index contributed by atoms with van der Waals surface area (Å²) in [5, 5.41) is 14.9. The Morgan fingerprint density at radius 1 is 1.19 bits per heavy atom. The van der Waals surface area contributed by atoms with Crippen LogP contribution in [0.3, 0.4) is 0 Å². The molecule has 7 nitrogen and oxygen atoms in total. The lowest BCUT2D eigenvalue weighted by atomic mass is 9.91. The Hall–Kier alpha value is -2.51. The molecule has 4 rings (SSSR count). The average Bonchev–Trinajstić information content (AvgIpc) is 2.74. The summed E-state index contributed by atoms with van der Waals surface area (Å²) in [7, 11) is 0. The number of carbonyl (C=O) groups excluding carboxylic acids is 1. The Morgan fingerprint density at radius 3 is 2.65 bits per heavy atom. The number of benzene rings is 1. The molecule has 1 aliphatic carbocycles. The van der Waals surface area contributed by atoms with Crippen molar-refractivity contribution in [2.75, 3.05) is 18.0 Å². The molecule has 31 heavy (non-hydrogen) atoms. The first kappa shape index (κ1) is 21.7. The molecule has 4 N–H and O–H groups in total. The van der Waals surface area contributed by atoms with Gasteiger partial charge in [0.1, 0.15) is 11.7 Å². The zero-order valence-corrected chi connectivity index (χ0v) is 18.5. The van der Waals surface area contributed by atoms with E-state index in [1.54, 1.807) is 6.92 Å². The molecule has 7 heteroatoms. The summed E-state index contributed by atoms with van der Waals surface area (Å²) in [6.07, 6.45) is 5.89. The number of nitrogens with two attached hydrogens (primary N) is 1. The molecule has 2 aliphatic rings. The zero-order chi connectivity index (χ0) is 22.0. The Labute approximate surface area is 183 Å². The quantitative estimate of drug-likeness (QED) is 0.516. The van der Waals surface area contributed by atoms with Gasteiger partial charge in [0, 0.05) is 30.6 Å². The van der Waals surface area contributed by atoms with E-state index in [0.717, 1.165) is 61.7 Å². The molecule has 1 amide bonds. The van der Waals surface area contributed by atoms with Crippen LogP contribution >= 0.6 is 0 Å². The van der Waals surface area contributed by atoms with Crippen LogP contribution in [0.1, 0.15) is 61.4 Å². The normalized spacial score (nSPS) is 23.3. The van der Waals surface area contributed by atoms with E-state index < -0.39 is 0 Å². The van der Waals surface area contributed by atoms with Crippen molar-refractivity contribution in [1.82, 2.24) is 10.3 Å². The molecule has 0 radical (unpaired) electrons. The number of nitrogens with zero attached hydrogens (tertiary/aromatic N) is 3. The summed E-state index contributed by atoms with van der Waals surface area (Å²) >= 11 is 0. The molecule has 1 aromatic heterocycles. The van der Waals surface area contributed by atoms with E-state index in [4.69, 9.17) is 10.7 Å². The predicted molar refractivity (Wildman–Crippen MR) is 125 cm³/mol. The smallest absolute Gasteiger partial charge is 0.282 e. The topological polar surface area (TPSA) is 104 Å². The van der Waals surface area contributed by atoms with Crippen molar-refractivity contribution < 1.29 is 9.90 Å². The lowest BCUT2D eigenvalue weighted by Gasteiger charge is -2.38. The second kappa shape index (κ2) is 9.32. The third-order valence-corrected chi connectivity index (χ3v) is 6.43. The molecule has 1 saturated heterocycles. The molecule has 2 atom stereocenters. The van der Waals surface area contributed by atoms with E-state index in [-0.39, 0.29) is 23.9 Å². The van der Waals surface area contributed by atoms with Gasteiger partial charge in [-0.3, -0.25) is 4.79 Å². The first-order valence-corrected chi connectivity index (χ1v) is 11.4. The molecule has 1 aromatic carbocycles. The monoisotopic (exact) mass is 423 g/mol. The third kappa shape index (κ3) is 5.05. The predicted octanol–water partition coefficient (Wildman–Crippen LogP) is 2.92. The van der Waals surface area contributed by atoms with Gasteiger partial charge in [-0.1, -0.05) is 24.5 Å². The minimum Gasteiger partial charge on any atom is -0.392 e. The maximum absolute atomic E-state index is 12.8. The summed E-state index contributed by atoms with van der Waals surface area (Å²) in [6, 6.07) is 8.54. The van der Waals surface area contributed by atoms with Gasteiger partial charge in [-0.15, -0.1) is 0 Å². The SMILES string of the molecule is CC(N)=NC(=O)c1cc2cc(C)ccc2nc1N1CCC(NC2CCCCC2O)CC1. The van der Waals surface area contributed by atoms with Crippen LogP contribution in [0.15, 0.2) is 29.3 Å². The molecule has 2 fully saturated rings. The Bertz CT molecular complexity index is 977. The van der Waals surface area contributed by atoms with Crippen molar-refractivity contribution in [2.24, 2.45) is 10.7 Å². The largest absolute Gasteiger partial charge is 0.392 e. The molecule has 0 bridgehead atoms. The number of aromatic nitrogens is 1. The summed E-state index contributed by atoms with van der Waals surface area (Å²) in [5.41, 5.74) is 8.17. The number of hydrogen-bond acceptors (Lipinski definition) is 5. The van der Waals surface area contributed by atoms with Gasteiger partial charge in [0.25, 0.3) is 5.91 Å². The van der Waals surface area contributed by atoms with Crippen molar-refractivity contribution in [3.63, 3.8) is 0 Å². The molecule has 1 aliphatic heterocycles. The lowest BCUT2D eigenvalue weighted by molar-refractivity contribution is 0.0827. The number of nitrogens with one attached hydrogen (secondary N) is 1. The first-order valence-electron chi connectivity index (χ1n) is 11.4. The van der Waals surface area contributed by atoms with Crippen LogP contribution in [0.2, 0.25) is 0 Å². The number of anilines is 1. The summed E-state index contributed by atoms with van der Waals surface area (Å²) in [4.78, 5) is 23.9. The lowest BCUT2D eigenvalue weighted by Crippen LogP contribution is -2.51. The highest BCUT2D eigenvalue weighted by atomic mass is 16.3. The average molecular weight is 424 g/mol. The minimum absolute atomic E-state index is 0.200. The first-order chi connectivity index (χ1) is 14.9. The van der Waals surface area contributed by atoms with Gasteiger partial charge < -0.3 is 21.1 Å². The third-order valence-electron chi connectivity index (χ3n) is 6.43. The van der Waals surface area contributed by atoms with E-state index in [1.165, 1.54) is 6.42 Å². The fourth-order valence-corrected chi connectivity index (χ4v) is 4.77. The fraction of sp³-hybridized carbons (Fsp3) is 0.542. The Kier molecular flexibility index (Phi) is 6.53. The maximum Gasteiger partial charge on any atom is 0.282 e. The van der Waals surface area contributed by atoms with Crippen LogP contribution in [0.25, 0.3) is 10.9 Å². The molecule has 1 saturated carbocycles. The summed E-state index contributed by atoms with van der Waals surface area (Å²) < 4.78 is 0. The van der Waals surface area contributed by atoms with E-state index >= 15 is 0 Å². The standard InChI is InChI=1S/C24H33N5O2/c1-15-7-8-20-17(13-15)14-19(24(31)26-16(2)25)23(28-20)29-11-9-18(10-12-29)27-21-5-3-4-6-22(21)30/h7-8,13-14,18,21-22,27,30H,3-6,9-12H2,1-2H3,(H2,25,26,31). The van der Waals surface area contributed by atoms with Crippen molar-refractivity contribution in [2.45, 2.75) is 70.6 Å². The van der Waals surface area contributed by atoms with Gasteiger partial charge in [-0.05, 0) is 57.7 Å². The number of aliphatic hydroxyl groups is 1. The van der Waals surface area contributed by atoms with Crippen molar-refractivity contribution in [3.05, 3.63) is 35.4 Å². The Balaban J connectivity index is 1.55. The summed E-state index contributed by atoms with van der Waals surface area (Å²) in [6.45, 7) is 5.25. The molecule has 2 aromatic rings. The van der Waals surface area contributed by atoms with Crippen LogP contribution < -0.4 is 16.0 Å². The van der Waals surface area contributed by atoms with Gasteiger partial charge in [0.15, 0.2) is 0 Å². The van der Waals surface area contributed by atoms with Crippen LogP contribution in [0.5, 0.6) is 0 Å². The van der Waals surface area contributed by atoms with Gasteiger partial charge in [0.05, 0.1) is 17.2 Å². The molecular formula is C24H33N5O2. The number of aliphatic hydroxyl groups excluding tert-OH is 1. The van der Waals surface area contributed by atoms with Gasteiger partial charge in [-0.25, -0.2) is 4.98 Å². The van der Waals surface area contributed by atoms with Crippen molar-refractivity contribution >= 4 is 28.5 Å². The minimum atomic E-state index is -0.350. The number of hydrogen-bond donors (Lipinski definition) is 3.